The lowest BCUT2D eigenvalue weighted by Crippen LogP contribution is -2.27. The van der Waals surface area contributed by atoms with E-state index in [4.69, 9.17) is 5.73 Å². The number of halogens is 2. The van der Waals surface area contributed by atoms with Crippen molar-refractivity contribution in [3.63, 3.8) is 0 Å². The van der Waals surface area contributed by atoms with Gasteiger partial charge in [0.2, 0.25) is 11.8 Å². The second-order valence-electron chi connectivity index (χ2n) is 3.83. The van der Waals surface area contributed by atoms with Crippen LogP contribution in [0, 0.1) is 5.92 Å². The Kier molecular flexibility index (Phi) is 4.39. The topological polar surface area (TPSA) is 63.4 Å². The molecule has 0 spiro atoms. The van der Waals surface area contributed by atoms with Crippen molar-refractivity contribution in [1.29, 1.82) is 0 Å². The second kappa shape index (κ2) is 5.58. The third-order valence-corrected chi connectivity index (χ3v) is 2.46. The number of amides is 2. The van der Waals surface area contributed by atoms with Crippen LogP contribution in [-0.2, 0) is 9.59 Å². The van der Waals surface area contributed by atoms with Crippen molar-refractivity contribution < 1.29 is 18.4 Å². The highest BCUT2D eigenvalue weighted by Crippen LogP contribution is 2.21. The first-order valence-corrected chi connectivity index (χ1v) is 5.08. The number of hydrogen-bond donors (Lipinski definition) is 1. The first kappa shape index (κ1) is 12.6. The van der Waals surface area contributed by atoms with Crippen molar-refractivity contribution in [3.05, 3.63) is 12.2 Å². The highest BCUT2D eigenvalue weighted by Gasteiger charge is 2.28. The maximum atomic E-state index is 12.0. The average molecular weight is 232 g/mol. The van der Waals surface area contributed by atoms with Crippen LogP contribution in [0.1, 0.15) is 19.3 Å². The second-order valence-corrected chi connectivity index (χ2v) is 3.83. The molecule has 4 nitrogen and oxygen atoms in total. The van der Waals surface area contributed by atoms with Crippen LogP contribution in [0.15, 0.2) is 12.2 Å². The normalized spacial score (nSPS) is 20.0. The Bertz CT molecular complexity index is 314. The fraction of sp³-hybridized carbons (Fsp3) is 0.600. The number of nitrogens with two attached hydrogens (primary N) is 1. The largest absolute Gasteiger partial charge is 0.370 e. The van der Waals surface area contributed by atoms with Gasteiger partial charge in [-0.25, -0.2) is 0 Å². The van der Waals surface area contributed by atoms with Gasteiger partial charge in [-0.05, 0) is 12.5 Å². The number of primary amides is 1. The van der Waals surface area contributed by atoms with Crippen molar-refractivity contribution in [2.45, 2.75) is 19.3 Å². The van der Waals surface area contributed by atoms with Crippen LogP contribution in [0.25, 0.3) is 0 Å². The zero-order valence-electron chi connectivity index (χ0n) is 8.79. The predicted octanol–water partition coefficient (Wildman–Crippen LogP) is 0.881. The van der Waals surface area contributed by atoms with E-state index < -0.39 is 17.9 Å². The third kappa shape index (κ3) is 3.96. The van der Waals surface area contributed by atoms with Gasteiger partial charge >= 0.3 is 0 Å². The maximum Gasteiger partial charge on any atom is 0.266 e. The van der Waals surface area contributed by atoms with Gasteiger partial charge in [0.05, 0.1) is 0 Å². The number of rotatable bonds is 5. The Morgan fingerprint density at radius 1 is 1.56 bits per heavy atom. The van der Waals surface area contributed by atoms with Crippen LogP contribution in [0.3, 0.4) is 0 Å². The molecule has 0 unspecified atom stereocenters. The third-order valence-electron chi connectivity index (χ3n) is 2.46. The summed E-state index contributed by atoms with van der Waals surface area (Å²) < 4.78 is 23.9. The summed E-state index contributed by atoms with van der Waals surface area (Å²) in [5.74, 6) is -0.976. The number of carbonyl (C=O) groups excluding carboxylic acids is 2. The van der Waals surface area contributed by atoms with Crippen molar-refractivity contribution in [3.8, 4) is 0 Å². The number of likely N-dealkylation sites (tertiary alicyclic amines) is 1. The Balaban J connectivity index is 2.37. The lowest BCUT2D eigenvalue weighted by molar-refractivity contribution is -0.128. The van der Waals surface area contributed by atoms with E-state index in [0.717, 1.165) is 6.08 Å². The minimum atomic E-state index is -1.75. The number of hydrogen-bond acceptors (Lipinski definition) is 2. The average Bonchev–Trinajstić information content (AvgIpc) is 2.45. The van der Waals surface area contributed by atoms with Gasteiger partial charge in [0.25, 0.3) is 6.08 Å². The van der Waals surface area contributed by atoms with Gasteiger partial charge < -0.3 is 10.6 Å². The molecular formula is C10H14F2N2O2. The van der Waals surface area contributed by atoms with Crippen LogP contribution < -0.4 is 5.73 Å². The zero-order chi connectivity index (χ0) is 12.1. The van der Waals surface area contributed by atoms with Crippen molar-refractivity contribution in [1.82, 2.24) is 4.90 Å². The molecule has 0 radical (unpaired) electrons. The molecular weight excluding hydrogens is 218 g/mol. The number of nitrogens with zero attached hydrogens (tertiary/aromatic N) is 1. The van der Waals surface area contributed by atoms with Gasteiger partial charge in [-0.3, -0.25) is 9.59 Å². The molecule has 1 fully saturated rings. The van der Waals surface area contributed by atoms with E-state index in [0.29, 0.717) is 19.5 Å². The molecule has 1 aliphatic heterocycles. The highest BCUT2D eigenvalue weighted by molar-refractivity contribution is 5.79. The van der Waals surface area contributed by atoms with E-state index in [1.165, 1.54) is 4.90 Å². The van der Waals surface area contributed by atoms with Crippen molar-refractivity contribution >= 4 is 11.8 Å². The summed E-state index contributed by atoms with van der Waals surface area (Å²) in [5.41, 5.74) is 4.95. The SMILES string of the molecule is NC(=O)CCCN1C[C@H](C=C(F)F)CC1=O. The predicted molar refractivity (Wildman–Crippen MR) is 53.4 cm³/mol. The van der Waals surface area contributed by atoms with E-state index in [1.54, 1.807) is 0 Å². The molecule has 0 aromatic rings. The van der Waals surface area contributed by atoms with Crippen LogP contribution >= 0.6 is 0 Å². The Morgan fingerprint density at radius 2 is 2.25 bits per heavy atom. The van der Waals surface area contributed by atoms with Gasteiger partial charge in [0.15, 0.2) is 0 Å². The highest BCUT2D eigenvalue weighted by atomic mass is 19.3. The Hall–Kier alpha value is -1.46. The van der Waals surface area contributed by atoms with Gasteiger partial charge in [-0.1, -0.05) is 0 Å². The van der Waals surface area contributed by atoms with E-state index in [1.807, 2.05) is 0 Å². The quantitative estimate of drug-likeness (QED) is 0.764. The summed E-state index contributed by atoms with van der Waals surface area (Å²) in [5, 5.41) is 0. The van der Waals surface area contributed by atoms with Crippen molar-refractivity contribution in [2.24, 2.45) is 11.7 Å². The van der Waals surface area contributed by atoms with E-state index in [-0.39, 0.29) is 18.7 Å². The Morgan fingerprint density at radius 3 is 2.81 bits per heavy atom. The molecule has 0 saturated carbocycles. The lowest BCUT2D eigenvalue weighted by atomic mass is 10.1. The monoisotopic (exact) mass is 232 g/mol. The van der Waals surface area contributed by atoms with Crippen LogP contribution in [-0.4, -0.2) is 29.8 Å². The summed E-state index contributed by atoms with van der Waals surface area (Å²) >= 11 is 0. The first-order valence-electron chi connectivity index (χ1n) is 5.08. The Labute approximate surface area is 92.1 Å². The molecule has 2 N–H and O–H groups in total. The fourth-order valence-corrected chi connectivity index (χ4v) is 1.75. The molecule has 1 aliphatic rings. The molecule has 6 heteroatoms. The summed E-state index contributed by atoms with van der Waals surface area (Å²) in [4.78, 5) is 23.3. The molecule has 1 heterocycles. The maximum absolute atomic E-state index is 12.0. The minimum absolute atomic E-state index is 0.119. The molecule has 0 aromatic heterocycles. The minimum Gasteiger partial charge on any atom is -0.370 e. The molecule has 2 amide bonds. The molecule has 0 aliphatic carbocycles. The van der Waals surface area contributed by atoms with E-state index >= 15 is 0 Å². The molecule has 16 heavy (non-hydrogen) atoms. The van der Waals surface area contributed by atoms with Gasteiger partial charge in [0.1, 0.15) is 0 Å². The van der Waals surface area contributed by atoms with Gasteiger partial charge in [-0.15, -0.1) is 0 Å². The van der Waals surface area contributed by atoms with Crippen LogP contribution in [0.2, 0.25) is 0 Å². The summed E-state index contributed by atoms with van der Waals surface area (Å²) in [6, 6.07) is 0. The summed E-state index contributed by atoms with van der Waals surface area (Å²) in [6.07, 6.45) is -0.131. The zero-order valence-corrected chi connectivity index (χ0v) is 8.79. The van der Waals surface area contributed by atoms with E-state index in [2.05, 4.69) is 0 Å². The first-order chi connectivity index (χ1) is 7.49. The molecule has 1 atom stereocenters. The summed E-state index contributed by atoms with van der Waals surface area (Å²) in [7, 11) is 0. The van der Waals surface area contributed by atoms with Gasteiger partial charge in [-0.2, -0.15) is 8.78 Å². The van der Waals surface area contributed by atoms with Crippen LogP contribution in [0.4, 0.5) is 8.78 Å². The molecule has 1 rings (SSSR count). The molecule has 0 aromatic carbocycles. The van der Waals surface area contributed by atoms with Crippen LogP contribution in [0.5, 0.6) is 0 Å². The van der Waals surface area contributed by atoms with Gasteiger partial charge in [0, 0.05) is 31.8 Å². The molecule has 0 bridgehead atoms. The number of carbonyl (C=O) groups is 2. The van der Waals surface area contributed by atoms with Crippen molar-refractivity contribution in [2.75, 3.05) is 13.1 Å². The lowest BCUT2D eigenvalue weighted by Gasteiger charge is -2.14. The standard InChI is InChI=1S/C10H14F2N2O2/c11-8(12)4-7-5-10(16)14(6-7)3-1-2-9(13)15/h4,7H,1-3,5-6H2,(H2,13,15)/t7-/m1/s1. The fourth-order valence-electron chi connectivity index (χ4n) is 1.75. The molecule has 1 saturated heterocycles. The van der Waals surface area contributed by atoms with E-state index in [9.17, 15) is 18.4 Å². The molecule has 90 valence electrons. The summed E-state index contributed by atoms with van der Waals surface area (Å²) in [6.45, 7) is 0.703. The smallest absolute Gasteiger partial charge is 0.266 e.